The fourth-order valence-electron chi connectivity index (χ4n) is 4.76. The smallest absolute Gasteiger partial charge is 0.456 e. The van der Waals surface area contributed by atoms with E-state index >= 15 is 0 Å². The van der Waals surface area contributed by atoms with Crippen molar-refractivity contribution >= 4 is 17.8 Å². The zero-order valence-electron chi connectivity index (χ0n) is 25.3. The van der Waals surface area contributed by atoms with Crippen LogP contribution in [0.5, 0.6) is 5.75 Å². The van der Waals surface area contributed by atoms with E-state index in [1.807, 2.05) is 44.2 Å². The minimum atomic E-state index is -4.86. The van der Waals surface area contributed by atoms with Crippen LogP contribution in [0.1, 0.15) is 68.9 Å². The van der Waals surface area contributed by atoms with Gasteiger partial charge in [-0.1, -0.05) is 56.3 Å². The van der Waals surface area contributed by atoms with Gasteiger partial charge >= 0.3 is 12.3 Å². The first-order valence-corrected chi connectivity index (χ1v) is 14.7. The molecule has 5 N–H and O–H groups in total. The zero-order chi connectivity index (χ0) is 33.0. The number of primary amides is 1. The molecule has 9 nitrogen and oxygen atoms in total. The van der Waals surface area contributed by atoms with E-state index in [1.165, 1.54) is 36.4 Å². The van der Waals surface area contributed by atoms with Gasteiger partial charge in [-0.3, -0.25) is 9.59 Å². The van der Waals surface area contributed by atoms with Gasteiger partial charge < -0.3 is 31.2 Å². The lowest BCUT2D eigenvalue weighted by molar-refractivity contribution is -0.274. The van der Waals surface area contributed by atoms with E-state index in [9.17, 15) is 27.6 Å². The van der Waals surface area contributed by atoms with E-state index in [0.29, 0.717) is 25.2 Å². The van der Waals surface area contributed by atoms with Crippen LogP contribution in [0, 0.1) is 0 Å². The summed E-state index contributed by atoms with van der Waals surface area (Å²) < 4.78 is 48.1. The lowest BCUT2D eigenvalue weighted by Gasteiger charge is -2.25. The number of halogens is 3. The molecule has 3 aromatic carbocycles. The van der Waals surface area contributed by atoms with Crippen LogP contribution in [0.2, 0.25) is 0 Å². The topological polar surface area (TPSA) is 137 Å². The number of hydrogen-bond donors (Lipinski definition) is 3. The Labute approximate surface area is 260 Å². The highest BCUT2D eigenvalue weighted by Gasteiger charge is 2.31. The summed E-state index contributed by atoms with van der Waals surface area (Å²) in [6.45, 7) is 5.39. The van der Waals surface area contributed by atoms with E-state index in [0.717, 1.165) is 18.4 Å². The minimum Gasteiger partial charge on any atom is -0.456 e. The Kier molecular flexibility index (Phi) is 12.9. The maximum Gasteiger partial charge on any atom is 0.573 e. The Morgan fingerprint density at radius 2 is 1.49 bits per heavy atom. The van der Waals surface area contributed by atoms with E-state index in [2.05, 4.69) is 10.1 Å². The van der Waals surface area contributed by atoms with Crippen LogP contribution in [0.4, 0.5) is 13.2 Å². The predicted molar refractivity (Wildman–Crippen MR) is 164 cm³/mol. The largest absolute Gasteiger partial charge is 0.573 e. The van der Waals surface area contributed by atoms with Crippen LogP contribution in [-0.2, 0) is 17.7 Å². The van der Waals surface area contributed by atoms with Crippen molar-refractivity contribution in [3.8, 4) is 5.75 Å². The number of amides is 2. The molecule has 45 heavy (non-hydrogen) atoms. The van der Waals surface area contributed by atoms with Crippen molar-refractivity contribution in [2.45, 2.75) is 58.2 Å². The molecule has 0 saturated carbocycles. The van der Waals surface area contributed by atoms with Gasteiger partial charge in [0.15, 0.2) is 0 Å². The van der Waals surface area contributed by atoms with Crippen LogP contribution in [0.3, 0.4) is 0 Å². The summed E-state index contributed by atoms with van der Waals surface area (Å²) in [5, 5.41) is 3.20. The van der Waals surface area contributed by atoms with E-state index in [-0.39, 0.29) is 35.6 Å². The van der Waals surface area contributed by atoms with Crippen molar-refractivity contribution in [2.75, 3.05) is 19.6 Å². The number of nitrogens with two attached hydrogens (primary N) is 2. The SMILES string of the molecule is CCCN(CCC)C(=O)c1cc(C(N)=O)cc(C(=O)O[C@H](CNCc2ccccc2)[C@@H](N)Cc2cccc(OC(F)(F)F)c2)c1. The normalized spacial score (nSPS) is 12.7. The molecule has 2 atom stereocenters. The summed E-state index contributed by atoms with van der Waals surface area (Å²) in [7, 11) is 0. The summed E-state index contributed by atoms with van der Waals surface area (Å²) in [5.41, 5.74) is 13.4. The van der Waals surface area contributed by atoms with Gasteiger partial charge in [-0.15, -0.1) is 13.2 Å². The summed E-state index contributed by atoms with van der Waals surface area (Å²) in [4.78, 5) is 40.6. The Balaban J connectivity index is 1.87. The van der Waals surface area contributed by atoms with Gasteiger partial charge in [0.1, 0.15) is 11.9 Å². The van der Waals surface area contributed by atoms with Crippen molar-refractivity contribution in [3.05, 3.63) is 101 Å². The van der Waals surface area contributed by atoms with Crippen LogP contribution < -0.4 is 21.5 Å². The zero-order valence-corrected chi connectivity index (χ0v) is 25.3. The first kappa shape index (κ1) is 35.1. The average Bonchev–Trinajstić information content (AvgIpc) is 2.99. The average molecular weight is 629 g/mol. The third-order valence-corrected chi connectivity index (χ3v) is 6.83. The molecule has 2 amide bonds. The molecule has 0 heterocycles. The Hall–Kier alpha value is -4.42. The maximum atomic E-state index is 13.5. The lowest BCUT2D eigenvalue weighted by Crippen LogP contribution is -2.46. The first-order chi connectivity index (χ1) is 21.4. The molecule has 0 bridgehead atoms. The molecule has 0 unspecified atom stereocenters. The molecular weight excluding hydrogens is 589 g/mol. The highest BCUT2D eigenvalue weighted by Crippen LogP contribution is 2.24. The summed E-state index contributed by atoms with van der Waals surface area (Å²) >= 11 is 0. The number of carbonyl (C=O) groups excluding carboxylic acids is 3. The van der Waals surface area contributed by atoms with Crippen molar-refractivity contribution in [2.24, 2.45) is 11.5 Å². The molecule has 0 aromatic heterocycles. The molecule has 0 aliphatic heterocycles. The molecule has 0 fully saturated rings. The van der Waals surface area contributed by atoms with Gasteiger partial charge in [-0.05, 0) is 60.7 Å². The van der Waals surface area contributed by atoms with Crippen molar-refractivity contribution in [1.82, 2.24) is 10.2 Å². The van der Waals surface area contributed by atoms with Crippen LogP contribution >= 0.6 is 0 Å². The van der Waals surface area contributed by atoms with Gasteiger partial charge in [-0.25, -0.2) is 4.79 Å². The molecule has 0 aliphatic rings. The third-order valence-electron chi connectivity index (χ3n) is 6.83. The van der Waals surface area contributed by atoms with E-state index < -0.39 is 36.1 Å². The monoisotopic (exact) mass is 628 g/mol. The third kappa shape index (κ3) is 11.2. The molecule has 0 aliphatic carbocycles. The highest BCUT2D eigenvalue weighted by molar-refractivity contribution is 6.03. The fourth-order valence-corrected chi connectivity index (χ4v) is 4.76. The van der Waals surface area contributed by atoms with Crippen LogP contribution in [0.25, 0.3) is 0 Å². The molecule has 0 saturated heterocycles. The minimum absolute atomic E-state index is 0.0368. The number of nitrogens with zero attached hydrogens (tertiary/aromatic N) is 1. The molecule has 242 valence electrons. The second-order valence-electron chi connectivity index (χ2n) is 10.6. The highest BCUT2D eigenvalue weighted by atomic mass is 19.4. The van der Waals surface area contributed by atoms with Crippen LogP contribution in [0.15, 0.2) is 72.8 Å². The van der Waals surface area contributed by atoms with Gasteiger partial charge in [0, 0.05) is 43.3 Å². The summed E-state index contributed by atoms with van der Waals surface area (Å²) in [5.74, 6) is -2.42. The summed E-state index contributed by atoms with van der Waals surface area (Å²) in [6.07, 6.45) is -4.33. The molecular formula is C33H39F3N4O5. The number of rotatable bonds is 16. The number of nitrogens with one attached hydrogen (secondary N) is 1. The Morgan fingerprint density at radius 1 is 0.867 bits per heavy atom. The van der Waals surface area contributed by atoms with Crippen LogP contribution in [-0.4, -0.2) is 60.8 Å². The second kappa shape index (κ2) is 16.6. The number of esters is 1. The lowest BCUT2D eigenvalue weighted by atomic mass is 10.0. The van der Waals surface area contributed by atoms with Crippen molar-refractivity contribution in [3.63, 3.8) is 0 Å². The van der Waals surface area contributed by atoms with Crippen molar-refractivity contribution in [1.29, 1.82) is 0 Å². The number of carbonyl (C=O) groups is 3. The maximum absolute atomic E-state index is 13.5. The Morgan fingerprint density at radius 3 is 2.11 bits per heavy atom. The number of hydrogen-bond acceptors (Lipinski definition) is 7. The predicted octanol–water partition coefficient (Wildman–Crippen LogP) is 4.83. The number of alkyl halides is 3. The van der Waals surface area contributed by atoms with E-state index in [4.69, 9.17) is 16.2 Å². The quantitative estimate of drug-likeness (QED) is 0.193. The van der Waals surface area contributed by atoms with Gasteiger partial charge in [-0.2, -0.15) is 0 Å². The molecule has 0 spiro atoms. The number of benzene rings is 3. The molecule has 0 radical (unpaired) electrons. The van der Waals surface area contributed by atoms with E-state index in [1.54, 1.807) is 11.0 Å². The number of ether oxygens (including phenoxy) is 2. The standard InChI is InChI=1S/C33H39F3N4O5/c1-3-13-40(14-4-2)31(42)25-17-24(30(38)41)18-26(19-25)32(43)44-29(21-39-20-22-9-6-5-7-10-22)28(37)16-23-11-8-12-27(15-23)45-33(34,35)36/h5-12,15,17-19,28-29,39H,3-4,13-14,16,20-21,37H2,1-2H3,(H2,38,41)/t28-,29+/m0/s1. The van der Waals surface area contributed by atoms with Gasteiger partial charge in [0.25, 0.3) is 5.91 Å². The first-order valence-electron chi connectivity index (χ1n) is 14.7. The Bertz CT molecular complexity index is 1430. The van der Waals surface area contributed by atoms with Gasteiger partial charge in [0.05, 0.1) is 5.56 Å². The summed E-state index contributed by atoms with van der Waals surface area (Å²) in [6, 6.07) is 17.9. The molecule has 3 aromatic rings. The molecule has 12 heteroatoms. The van der Waals surface area contributed by atoms with Crippen molar-refractivity contribution < 1.29 is 37.0 Å². The fraction of sp³-hybridized carbons (Fsp3) is 0.364. The second-order valence-corrected chi connectivity index (χ2v) is 10.6. The van der Waals surface area contributed by atoms with Gasteiger partial charge in [0.2, 0.25) is 5.91 Å². The molecule has 3 rings (SSSR count).